The monoisotopic (exact) mass is 417 g/mol. The molecule has 2 amide bonds. The smallest absolute Gasteiger partial charge is 0.227 e. The maximum absolute atomic E-state index is 12.8. The van der Waals surface area contributed by atoms with Crippen molar-refractivity contribution in [2.24, 2.45) is 5.92 Å². The summed E-state index contributed by atoms with van der Waals surface area (Å²) in [4.78, 5) is 29.5. The molecule has 5 nitrogen and oxygen atoms in total. The van der Waals surface area contributed by atoms with Gasteiger partial charge in [-0.3, -0.25) is 9.59 Å². The number of aryl methyl sites for hydroxylation is 1. The van der Waals surface area contributed by atoms with Crippen LogP contribution in [0, 0.1) is 5.92 Å². The van der Waals surface area contributed by atoms with Gasteiger partial charge in [0.05, 0.1) is 6.42 Å². The number of carbonyl (C=O) groups is 2. The van der Waals surface area contributed by atoms with Gasteiger partial charge < -0.3 is 15.2 Å². The number of fused-ring (bicyclic) bond motifs is 1. The second-order valence-corrected chi connectivity index (χ2v) is 8.55. The van der Waals surface area contributed by atoms with Gasteiger partial charge in [-0.15, -0.1) is 0 Å². The first-order chi connectivity index (χ1) is 15.1. The number of carbonyl (C=O) groups excluding carboxylic acids is 2. The average molecular weight is 418 g/mol. The highest BCUT2D eigenvalue weighted by Gasteiger charge is 2.23. The van der Waals surface area contributed by atoms with Gasteiger partial charge in [0.15, 0.2) is 0 Å². The molecule has 0 saturated carbocycles. The number of hydrogen-bond acceptors (Lipinski definition) is 2. The molecule has 5 heteroatoms. The van der Waals surface area contributed by atoms with Crippen LogP contribution in [0.4, 0.5) is 0 Å². The number of aromatic amines is 1. The Bertz CT molecular complexity index is 1030. The fourth-order valence-corrected chi connectivity index (χ4v) is 4.50. The predicted molar refractivity (Wildman–Crippen MR) is 124 cm³/mol. The summed E-state index contributed by atoms with van der Waals surface area (Å²) in [5, 5.41) is 3.81. The number of nitrogens with zero attached hydrogens (tertiary/aromatic N) is 1. The van der Waals surface area contributed by atoms with Crippen molar-refractivity contribution in [3.8, 4) is 0 Å². The summed E-state index contributed by atoms with van der Waals surface area (Å²) in [6.07, 6.45) is 6.90. The number of piperidine rings is 1. The van der Waals surface area contributed by atoms with E-state index in [1.165, 1.54) is 11.1 Å². The molecule has 2 heterocycles. The Balaban J connectivity index is 1.25. The Hall–Kier alpha value is -3.08. The minimum absolute atomic E-state index is 0.0788. The van der Waals surface area contributed by atoms with Crippen molar-refractivity contribution in [1.29, 1.82) is 0 Å². The van der Waals surface area contributed by atoms with Crippen molar-refractivity contribution in [2.75, 3.05) is 20.1 Å². The molecule has 2 aromatic carbocycles. The van der Waals surface area contributed by atoms with Crippen LogP contribution >= 0.6 is 0 Å². The molecule has 31 heavy (non-hydrogen) atoms. The molecule has 1 aliphatic heterocycles. The lowest BCUT2D eigenvalue weighted by atomic mass is 9.89. The lowest BCUT2D eigenvalue weighted by Gasteiger charge is -2.32. The Morgan fingerprint density at radius 3 is 2.48 bits per heavy atom. The Kier molecular flexibility index (Phi) is 6.70. The number of amides is 2. The molecule has 0 bridgehead atoms. The third-order valence-electron chi connectivity index (χ3n) is 6.45. The first kappa shape index (κ1) is 21.2. The second-order valence-electron chi connectivity index (χ2n) is 8.55. The summed E-state index contributed by atoms with van der Waals surface area (Å²) in [5.74, 6) is 0.924. The minimum Gasteiger partial charge on any atom is -0.361 e. The first-order valence-electron chi connectivity index (χ1n) is 11.2. The third kappa shape index (κ3) is 5.35. The van der Waals surface area contributed by atoms with Gasteiger partial charge in [0, 0.05) is 43.7 Å². The lowest BCUT2D eigenvalue weighted by Crippen LogP contribution is -2.39. The fourth-order valence-electron chi connectivity index (χ4n) is 4.50. The van der Waals surface area contributed by atoms with Crippen LogP contribution in [0.2, 0.25) is 0 Å². The SMILES string of the molecule is CNC(=O)CCc1ccc(CC2CCN(C(=O)Cc3c[nH]c4ccccc34)CC2)cc1. The molecule has 1 saturated heterocycles. The molecule has 0 spiro atoms. The zero-order valence-corrected chi connectivity index (χ0v) is 18.2. The Labute approximate surface area is 183 Å². The van der Waals surface area contributed by atoms with E-state index in [9.17, 15) is 9.59 Å². The van der Waals surface area contributed by atoms with E-state index in [2.05, 4.69) is 40.6 Å². The van der Waals surface area contributed by atoms with E-state index in [1.807, 2.05) is 29.3 Å². The van der Waals surface area contributed by atoms with Crippen LogP contribution in [0.25, 0.3) is 10.9 Å². The van der Waals surface area contributed by atoms with E-state index < -0.39 is 0 Å². The van der Waals surface area contributed by atoms with Crippen molar-refractivity contribution in [3.05, 3.63) is 71.4 Å². The van der Waals surface area contributed by atoms with Crippen LogP contribution in [-0.2, 0) is 28.9 Å². The van der Waals surface area contributed by atoms with Crippen molar-refractivity contribution >= 4 is 22.7 Å². The van der Waals surface area contributed by atoms with Crippen LogP contribution in [0.3, 0.4) is 0 Å². The maximum Gasteiger partial charge on any atom is 0.227 e. The van der Waals surface area contributed by atoms with Gasteiger partial charge in [-0.05, 0) is 54.4 Å². The van der Waals surface area contributed by atoms with E-state index in [0.29, 0.717) is 18.8 Å². The van der Waals surface area contributed by atoms with Gasteiger partial charge in [-0.2, -0.15) is 0 Å². The van der Waals surface area contributed by atoms with E-state index in [0.717, 1.165) is 55.2 Å². The van der Waals surface area contributed by atoms with Crippen molar-refractivity contribution in [3.63, 3.8) is 0 Å². The molecule has 0 atom stereocenters. The van der Waals surface area contributed by atoms with Crippen molar-refractivity contribution < 1.29 is 9.59 Å². The van der Waals surface area contributed by atoms with Crippen LogP contribution in [0.5, 0.6) is 0 Å². The Morgan fingerprint density at radius 1 is 1.03 bits per heavy atom. The number of nitrogens with one attached hydrogen (secondary N) is 2. The molecule has 0 unspecified atom stereocenters. The molecular weight excluding hydrogens is 386 g/mol. The molecule has 1 fully saturated rings. The fraction of sp³-hybridized carbons (Fsp3) is 0.385. The summed E-state index contributed by atoms with van der Waals surface area (Å²) < 4.78 is 0. The van der Waals surface area contributed by atoms with Crippen LogP contribution in [0.1, 0.15) is 36.0 Å². The van der Waals surface area contributed by atoms with Gasteiger partial charge in [-0.1, -0.05) is 42.5 Å². The predicted octanol–water partition coefficient (Wildman–Crippen LogP) is 3.87. The standard InChI is InChI=1S/C26H31N3O2/c1-27-25(30)11-10-19-6-8-20(9-7-19)16-21-12-14-29(15-13-21)26(31)17-22-18-28-24-5-3-2-4-23(22)24/h2-9,18,21,28H,10-17H2,1H3,(H,27,30). The van der Waals surface area contributed by atoms with Crippen LogP contribution < -0.4 is 5.32 Å². The number of likely N-dealkylation sites (tertiary alicyclic amines) is 1. The molecule has 1 aliphatic rings. The molecule has 3 aromatic rings. The number of aromatic nitrogens is 1. The summed E-state index contributed by atoms with van der Waals surface area (Å²) in [6.45, 7) is 1.69. The van der Waals surface area contributed by atoms with Gasteiger partial charge in [-0.25, -0.2) is 0 Å². The summed E-state index contributed by atoms with van der Waals surface area (Å²) in [7, 11) is 1.67. The number of rotatable bonds is 7. The molecule has 0 radical (unpaired) electrons. The highest BCUT2D eigenvalue weighted by molar-refractivity contribution is 5.88. The van der Waals surface area contributed by atoms with E-state index in [4.69, 9.17) is 0 Å². The topological polar surface area (TPSA) is 65.2 Å². The molecular formula is C26H31N3O2. The quantitative estimate of drug-likeness (QED) is 0.613. The number of hydrogen-bond donors (Lipinski definition) is 2. The number of H-pyrrole nitrogens is 1. The van der Waals surface area contributed by atoms with Gasteiger partial charge >= 0.3 is 0 Å². The summed E-state index contributed by atoms with van der Waals surface area (Å²) in [5.41, 5.74) is 4.71. The van der Waals surface area contributed by atoms with E-state index >= 15 is 0 Å². The Morgan fingerprint density at radius 2 is 1.74 bits per heavy atom. The van der Waals surface area contributed by atoms with Gasteiger partial charge in [0.2, 0.25) is 11.8 Å². The summed E-state index contributed by atoms with van der Waals surface area (Å²) >= 11 is 0. The van der Waals surface area contributed by atoms with E-state index in [1.54, 1.807) is 7.05 Å². The van der Waals surface area contributed by atoms with Crippen LogP contribution in [0.15, 0.2) is 54.7 Å². The lowest BCUT2D eigenvalue weighted by molar-refractivity contribution is -0.131. The van der Waals surface area contributed by atoms with Crippen LogP contribution in [-0.4, -0.2) is 41.8 Å². The normalized spacial score (nSPS) is 14.7. The number of para-hydroxylation sites is 1. The largest absolute Gasteiger partial charge is 0.361 e. The maximum atomic E-state index is 12.8. The van der Waals surface area contributed by atoms with Gasteiger partial charge in [0.1, 0.15) is 0 Å². The molecule has 2 N–H and O–H groups in total. The zero-order chi connectivity index (χ0) is 21.6. The zero-order valence-electron chi connectivity index (χ0n) is 18.2. The molecule has 4 rings (SSSR count). The number of benzene rings is 2. The van der Waals surface area contributed by atoms with Crippen molar-refractivity contribution in [2.45, 2.75) is 38.5 Å². The average Bonchev–Trinajstić information content (AvgIpc) is 3.21. The van der Waals surface area contributed by atoms with E-state index in [-0.39, 0.29) is 11.8 Å². The highest BCUT2D eigenvalue weighted by atomic mass is 16.2. The molecule has 0 aliphatic carbocycles. The third-order valence-corrected chi connectivity index (χ3v) is 6.45. The molecule has 1 aromatic heterocycles. The minimum atomic E-state index is 0.0788. The highest BCUT2D eigenvalue weighted by Crippen LogP contribution is 2.24. The first-order valence-corrected chi connectivity index (χ1v) is 11.2. The second kappa shape index (κ2) is 9.82. The summed E-state index contributed by atoms with van der Waals surface area (Å²) in [6, 6.07) is 16.8. The molecule has 162 valence electrons. The van der Waals surface area contributed by atoms with Gasteiger partial charge in [0.25, 0.3) is 0 Å². The van der Waals surface area contributed by atoms with Crippen molar-refractivity contribution in [1.82, 2.24) is 15.2 Å².